The molecule has 0 saturated carbocycles. The Morgan fingerprint density at radius 2 is 2.14 bits per heavy atom. The number of hydrogen-bond donors (Lipinski definition) is 1. The van der Waals surface area contributed by atoms with Gasteiger partial charge in [-0.1, -0.05) is 21.1 Å². The Morgan fingerprint density at radius 3 is 2.76 bits per heavy atom. The molecule has 0 atom stereocenters. The molecule has 1 aromatic carbocycles. The molecular weight excluding hydrogens is 355 g/mol. The second-order valence-corrected chi connectivity index (χ2v) is 4.94. The van der Waals surface area contributed by atoms with Crippen LogP contribution in [-0.4, -0.2) is 22.6 Å². The maximum absolute atomic E-state index is 12.9. The van der Waals surface area contributed by atoms with E-state index in [2.05, 4.69) is 31.4 Å². The largest absolute Gasteiger partial charge is 0.417 e. The number of carbonyl (C=O) groups excluding carboxylic acids is 1. The minimum atomic E-state index is -4.61. The van der Waals surface area contributed by atoms with Gasteiger partial charge in [0.1, 0.15) is 0 Å². The van der Waals surface area contributed by atoms with Crippen molar-refractivity contribution in [1.29, 1.82) is 0 Å². The number of hydrogen-bond acceptors (Lipinski definition) is 4. The summed E-state index contributed by atoms with van der Waals surface area (Å²) in [4.78, 5) is 15.6. The number of benzene rings is 1. The summed E-state index contributed by atoms with van der Waals surface area (Å²) in [5, 5.41) is 5.77. The van der Waals surface area contributed by atoms with Gasteiger partial charge in [-0.15, -0.1) is 0 Å². The van der Waals surface area contributed by atoms with Crippen LogP contribution >= 0.6 is 15.9 Å². The van der Waals surface area contributed by atoms with Crippen LogP contribution in [0.3, 0.4) is 0 Å². The second kappa shape index (κ2) is 6.25. The SMILES string of the molecule is O=C(NCCc1ncno1)c1ccc(Br)cc1C(F)(F)F. The smallest absolute Gasteiger partial charge is 0.352 e. The van der Waals surface area contributed by atoms with Gasteiger partial charge >= 0.3 is 6.18 Å². The van der Waals surface area contributed by atoms with E-state index in [0.29, 0.717) is 5.89 Å². The molecule has 0 radical (unpaired) electrons. The molecule has 0 unspecified atom stereocenters. The van der Waals surface area contributed by atoms with Gasteiger partial charge in [0.05, 0.1) is 11.1 Å². The van der Waals surface area contributed by atoms with Crippen molar-refractivity contribution in [1.82, 2.24) is 15.5 Å². The molecule has 9 heteroatoms. The van der Waals surface area contributed by atoms with Crippen molar-refractivity contribution >= 4 is 21.8 Å². The molecule has 0 spiro atoms. The van der Waals surface area contributed by atoms with Gasteiger partial charge in [0.2, 0.25) is 5.89 Å². The van der Waals surface area contributed by atoms with E-state index in [1.807, 2.05) is 0 Å². The van der Waals surface area contributed by atoms with Crippen LogP contribution in [0, 0.1) is 0 Å². The lowest BCUT2D eigenvalue weighted by Gasteiger charge is -2.13. The van der Waals surface area contributed by atoms with Crippen LogP contribution in [-0.2, 0) is 12.6 Å². The maximum Gasteiger partial charge on any atom is 0.417 e. The zero-order valence-electron chi connectivity index (χ0n) is 10.4. The first-order chi connectivity index (χ1) is 9.88. The van der Waals surface area contributed by atoms with Crippen LogP contribution in [0.25, 0.3) is 0 Å². The Balaban J connectivity index is 2.08. The highest BCUT2D eigenvalue weighted by Crippen LogP contribution is 2.33. The first kappa shape index (κ1) is 15.5. The van der Waals surface area contributed by atoms with Crippen LogP contribution in [0.1, 0.15) is 21.8 Å². The summed E-state index contributed by atoms with van der Waals surface area (Å²) in [7, 11) is 0. The van der Waals surface area contributed by atoms with Crippen LogP contribution in [0.2, 0.25) is 0 Å². The third-order valence-corrected chi connectivity index (χ3v) is 3.06. The van der Waals surface area contributed by atoms with Crippen molar-refractivity contribution in [2.75, 3.05) is 6.54 Å². The standard InChI is InChI=1S/C12H9BrF3N3O2/c13-7-1-2-8(9(5-7)12(14,15)16)11(20)17-4-3-10-18-6-19-21-10/h1-2,5-6H,3-4H2,(H,17,20). The Morgan fingerprint density at radius 1 is 1.38 bits per heavy atom. The van der Waals surface area contributed by atoms with E-state index >= 15 is 0 Å². The molecule has 0 aliphatic rings. The van der Waals surface area contributed by atoms with Gasteiger partial charge in [0.25, 0.3) is 5.91 Å². The summed E-state index contributed by atoms with van der Waals surface area (Å²) in [6, 6.07) is 3.37. The van der Waals surface area contributed by atoms with Crippen LogP contribution in [0.4, 0.5) is 13.2 Å². The number of nitrogens with one attached hydrogen (secondary N) is 1. The topological polar surface area (TPSA) is 68.0 Å². The first-order valence-electron chi connectivity index (χ1n) is 5.78. The van der Waals surface area contributed by atoms with Gasteiger partial charge in [-0.25, -0.2) is 0 Å². The second-order valence-electron chi connectivity index (χ2n) is 4.03. The summed E-state index contributed by atoms with van der Waals surface area (Å²) in [6.07, 6.45) is -3.17. The lowest BCUT2D eigenvalue weighted by molar-refractivity contribution is -0.138. The Bertz CT molecular complexity index is 629. The van der Waals surface area contributed by atoms with Gasteiger partial charge in [-0.2, -0.15) is 18.2 Å². The van der Waals surface area contributed by atoms with Gasteiger partial charge in [0, 0.05) is 17.4 Å². The van der Waals surface area contributed by atoms with Crippen molar-refractivity contribution in [3.05, 3.63) is 46.0 Å². The van der Waals surface area contributed by atoms with Crippen molar-refractivity contribution in [3.63, 3.8) is 0 Å². The number of alkyl halides is 3. The third kappa shape index (κ3) is 4.03. The lowest BCUT2D eigenvalue weighted by atomic mass is 10.1. The van der Waals surface area contributed by atoms with Crippen molar-refractivity contribution in [2.24, 2.45) is 0 Å². The molecule has 0 saturated heterocycles. The summed E-state index contributed by atoms with van der Waals surface area (Å²) < 4.78 is 43.7. The van der Waals surface area contributed by atoms with Crippen molar-refractivity contribution in [2.45, 2.75) is 12.6 Å². The number of amides is 1. The fourth-order valence-electron chi connectivity index (χ4n) is 1.63. The highest BCUT2D eigenvalue weighted by molar-refractivity contribution is 9.10. The van der Waals surface area contributed by atoms with Gasteiger partial charge in [-0.3, -0.25) is 4.79 Å². The Hall–Kier alpha value is -1.90. The highest BCUT2D eigenvalue weighted by atomic mass is 79.9. The lowest BCUT2D eigenvalue weighted by Crippen LogP contribution is -2.28. The molecule has 1 heterocycles. The summed E-state index contributed by atoms with van der Waals surface area (Å²) in [5.74, 6) is -0.517. The monoisotopic (exact) mass is 363 g/mol. The van der Waals surface area contributed by atoms with E-state index in [9.17, 15) is 18.0 Å². The number of rotatable bonds is 4. The van der Waals surface area contributed by atoms with E-state index in [0.717, 1.165) is 12.1 Å². The highest BCUT2D eigenvalue weighted by Gasteiger charge is 2.35. The molecule has 2 aromatic rings. The zero-order chi connectivity index (χ0) is 15.5. The van der Waals surface area contributed by atoms with E-state index in [4.69, 9.17) is 4.52 Å². The summed E-state index contributed by atoms with van der Waals surface area (Å²) in [6.45, 7) is 0.0917. The average molecular weight is 364 g/mol. The zero-order valence-corrected chi connectivity index (χ0v) is 12.0. The maximum atomic E-state index is 12.9. The van der Waals surface area contributed by atoms with Gasteiger partial charge in [-0.05, 0) is 18.2 Å². The van der Waals surface area contributed by atoms with E-state index in [-0.39, 0.29) is 17.4 Å². The Kier molecular flexibility index (Phi) is 4.61. The Labute approximate surface area is 125 Å². The van der Waals surface area contributed by atoms with Crippen molar-refractivity contribution in [3.8, 4) is 0 Å². The van der Waals surface area contributed by atoms with Gasteiger partial charge in [0.15, 0.2) is 6.33 Å². The third-order valence-electron chi connectivity index (χ3n) is 2.56. The molecule has 0 bridgehead atoms. The number of halogens is 4. The molecule has 0 aliphatic heterocycles. The predicted octanol–water partition coefficient (Wildman–Crippen LogP) is 2.82. The number of carbonyl (C=O) groups is 1. The van der Waals surface area contributed by atoms with Crippen molar-refractivity contribution < 1.29 is 22.5 Å². The molecule has 1 aromatic heterocycles. The first-order valence-corrected chi connectivity index (χ1v) is 6.57. The molecule has 1 amide bonds. The van der Waals surface area contributed by atoms with E-state index in [1.54, 1.807) is 0 Å². The number of aromatic nitrogens is 2. The summed E-state index contributed by atoms with van der Waals surface area (Å²) >= 11 is 2.96. The minimum Gasteiger partial charge on any atom is -0.352 e. The molecule has 21 heavy (non-hydrogen) atoms. The van der Waals surface area contributed by atoms with Crippen LogP contribution in [0.15, 0.2) is 33.5 Å². The molecule has 5 nitrogen and oxygen atoms in total. The molecule has 0 aliphatic carbocycles. The summed E-state index contributed by atoms with van der Waals surface area (Å²) in [5.41, 5.74) is -1.43. The van der Waals surface area contributed by atoms with Gasteiger partial charge < -0.3 is 9.84 Å². The van der Waals surface area contributed by atoms with Crippen LogP contribution < -0.4 is 5.32 Å². The molecule has 2 rings (SSSR count). The molecule has 0 fully saturated rings. The predicted molar refractivity (Wildman–Crippen MR) is 69.5 cm³/mol. The molecule has 1 N–H and O–H groups in total. The van der Waals surface area contributed by atoms with Crippen LogP contribution in [0.5, 0.6) is 0 Å². The van der Waals surface area contributed by atoms with E-state index in [1.165, 1.54) is 12.4 Å². The molecular formula is C12H9BrF3N3O2. The fraction of sp³-hybridized carbons (Fsp3) is 0.250. The average Bonchev–Trinajstić information content (AvgIpc) is 2.90. The quantitative estimate of drug-likeness (QED) is 0.906. The number of nitrogens with zero attached hydrogens (tertiary/aromatic N) is 2. The fourth-order valence-corrected chi connectivity index (χ4v) is 1.99. The minimum absolute atomic E-state index is 0.0917. The normalized spacial score (nSPS) is 11.4. The van der Waals surface area contributed by atoms with E-state index < -0.39 is 23.2 Å². The molecule has 112 valence electrons.